The van der Waals surface area contributed by atoms with Crippen LogP contribution in [0, 0.1) is 0 Å². The average molecular weight is 292 g/mol. The van der Waals surface area contributed by atoms with Crippen LogP contribution in [0.2, 0.25) is 0 Å². The summed E-state index contributed by atoms with van der Waals surface area (Å²) < 4.78 is 5.15. The van der Waals surface area contributed by atoms with Crippen molar-refractivity contribution in [2.45, 2.75) is 38.8 Å². The van der Waals surface area contributed by atoms with Crippen molar-refractivity contribution in [3.63, 3.8) is 0 Å². The molecule has 0 saturated carbocycles. The lowest BCUT2D eigenvalue weighted by molar-refractivity contribution is -0.118. The molecule has 6 nitrogen and oxygen atoms in total. The first-order valence-electron chi connectivity index (χ1n) is 6.86. The smallest absolute Gasteiger partial charge is 0.408 e. The molecule has 0 aliphatic carbocycles. The van der Waals surface area contributed by atoms with Crippen LogP contribution in [0.5, 0.6) is 5.75 Å². The highest BCUT2D eigenvalue weighted by Gasteiger charge is 2.34. The molecular formula is C15H20N2O4. The van der Waals surface area contributed by atoms with Crippen LogP contribution in [-0.2, 0) is 9.53 Å². The molecule has 1 atom stereocenters. The van der Waals surface area contributed by atoms with Gasteiger partial charge in [-0.1, -0.05) is 0 Å². The summed E-state index contributed by atoms with van der Waals surface area (Å²) in [4.78, 5) is 25.6. The number of aromatic hydroxyl groups is 1. The molecule has 114 valence electrons. The van der Waals surface area contributed by atoms with Gasteiger partial charge in [-0.05, 0) is 51.5 Å². The molecule has 1 aliphatic heterocycles. The van der Waals surface area contributed by atoms with Crippen LogP contribution in [0.4, 0.5) is 10.5 Å². The SMILES string of the molecule is CC(C)(C)OC(=O)NC1CCN(c2ccc(O)cc2)C1=O. The number of nitrogens with one attached hydrogen (secondary N) is 1. The third-order valence-electron chi connectivity index (χ3n) is 3.06. The zero-order valence-corrected chi connectivity index (χ0v) is 12.4. The Morgan fingerprint density at radius 2 is 1.95 bits per heavy atom. The minimum absolute atomic E-state index is 0.147. The van der Waals surface area contributed by atoms with E-state index in [1.165, 1.54) is 12.1 Å². The molecule has 0 aromatic heterocycles. The normalized spacial score (nSPS) is 18.7. The number of ether oxygens (including phenoxy) is 1. The molecule has 2 N–H and O–H groups in total. The number of benzene rings is 1. The minimum Gasteiger partial charge on any atom is -0.508 e. The van der Waals surface area contributed by atoms with Crippen molar-refractivity contribution >= 4 is 17.7 Å². The Morgan fingerprint density at radius 3 is 2.52 bits per heavy atom. The first kappa shape index (κ1) is 15.2. The van der Waals surface area contributed by atoms with Crippen LogP contribution in [-0.4, -0.2) is 35.3 Å². The number of nitrogens with zero attached hydrogens (tertiary/aromatic N) is 1. The third kappa shape index (κ3) is 3.87. The van der Waals surface area contributed by atoms with E-state index >= 15 is 0 Å². The van der Waals surface area contributed by atoms with E-state index in [4.69, 9.17) is 4.74 Å². The second kappa shape index (κ2) is 5.63. The number of phenols is 1. The Balaban J connectivity index is 1.98. The summed E-state index contributed by atoms with van der Waals surface area (Å²) in [5.41, 5.74) is 0.105. The lowest BCUT2D eigenvalue weighted by atomic mass is 10.2. The fourth-order valence-electron chi connectivity index (χ4n) is 2.15. The first-order valence-corrected chi connectivity index (χ1v) is 6.86. The third-order valence-corrected chi connectivity index (χ3v) is 3.06. The van der Waals surface area contributed by atoms with E-state index < -0.39 is 17.7 Å². The number of alkyl carbamates (subject to hydrolysis) is 1. The van der Waals surface area contributed by atoms with Gasteiger partial charge in [0, 0.05) is 12.2 Å². The number of phenolic OH excluding ortho intramolecular Hbond substituents is 1. The van der Waals surface area contributed by atoms with Crippen molar-refractivity contribution in [2.24, 2.45) is 0 Å². The summed E-state index contributed by atoms with van der Waals surface area (Å²) in [6.45, 7) is 5.83. The summed E-state index contributed by atoms with van der Waals surface area (Å²) in [6, 6.07) is 5.81. The van der Waals surface area contributed by atoms with E-state index in [1.54, 1.807) is 37.8 Å². The highest BCUT2D eigenvalue weighted by Crippen LogP contribution is 2.23. The van der Waals surface area contributed by atoms with Gasteiger partial charge in [-0.2, -0.15) is 0 Å². The molecule has 1 aromatic carbocycles. The minimum atomic E-state index is -0.595. The van der Waals surface area contributed by atoms with Gasteiger partial charge in [0.15, 0.2) is 0 Å². The Bertz CT molecular complexity index is 534. The van der Waals surface area contributed by atoms with E-state index in [9.17, 15) is 14.7 Å². The number of hydrogen-bond acceptors (Lipinski definition) is 4. The van der Waals surface area contributed by atoms with Crippen LogP contribution in [0.3, 0.4) is 0 Å². The van der Waals surface area contributed by atoms with Crippen LogP contribution < -0.4 is 10.2 Å². The lowest BCUT2D eigenvalue weighted by Crippen LogP contribution is -2.43. The predicted molar refractivity (Wildman–Crippen MR) is 78.2 cm³/mol. The van der Waals surface area contributed by atoms with E-state index in [1.807, 2.05) is 0 Å². The molecule has 2 rings (SSSR count). The molecule has 1 unspecified atom stereocenters. The van der Waals surface area contributed by atoms with Crippen molar-refractivity contribution in [1.82, 2.24) is 5.32 Å². The second-order valence-electron chi connectivity index (χ2n) is 5.99. The molecule has 0 spiro atoms. The molecule has 1 aliphatic rings. The van der Waals surface area contributed by atoms with Gasteiger partial charge in [0.2, 0.25) is 5.91 Å². The first-order chi connectivity index (χ1) is 9.76. The summed E-state index contributed by atoms with van der Waals surface area (Å²) in [5, 5.41) is 11.9. The molecule has 6 heteroatoms. The van der Waals surface area contributed by atoms with E-state index in [2.05, 4.69) is 5.32 Å². The van der Waals surface area contributed by atoms with Gasteiger partial charge < -0.3 is 20.1 Å². The zero-order valence-electron chi connectivity index (χ0n) is 12.4. The molecular weight excluding hydrogens is 272 g/mol. The molecule has 1 saturated heterocycles. The summed E-state index contributed by atoms with van der Waals surface area (Å²) in [5.74, 6) is -0.0274. The Kier molecular flexibility index (Phi) is 4.06. The molecule has 1 aromatic rings. The summed E-state index contributed by atoms with van der Waals surface area (Å²) in [6.07, 6.45) is -0.0627. The van der Waals surface area contributed by atoms with E-state index in [-0.39, 0.29) is 11.7 Å². The maximum absolute atomic E-state index is 12.3. The van der Waals surface area contributed by atoms with Crippen molar-refractivity contribution in [3.8, 4) is 5.75 Å². The number of amides is 2. The van der Waals surface area contributed by atoms with Crippen molar-refractivity contribution in [3.05, 3.63) is 24.3 Å². The zero-order chi connectivity index (χ0) is 15.6. The van der Waals surface area contributed by atoms with Crippen LogP contribution in [0.25, 0.3) is 0 Å². The summed E-state index contributed by atoms with van der Waals surface area (Å²) in [7, 11) is 0. The van der Waals surface area contributed by atoms with Gasteiger partial charge in [-0.25, -0.2) is 4.79 Å². The number of carbonyl (C=O) groups is 2. The van der Waals surface area contributed by atoms with Gasteiger partial charge in [0.1, 0.15) is 17.4 Å². The second-order valence-corrected chi connectivity index (χ2v) is 5.99. The Labute approximate surface area is 123 Å². The van der Waals surface area contributed by atoms with Crippen LogP contribution in [0.15, 0.2) is 24.3 Å². The molecule has 2 amide bonds. The number of hydrogen-bond donors (Lipinski definition) is 2. The Morgan fingerprint density at radius 1 is 1.33 bits per heavy atom. The molecule has 1 heterocycles. The maximum atomic E-state index is 12.3. The standard InChI is InChI=1S/C15H20N2O4/c1-15(2,3)21-14(20)16-12-8-9-17(13(12)19)10-4-6-11(18)7-5-10/h4-7,12,18H,8-9H2,1-3H3,(H,16,20). The average Bonchev–Trinajstić information content (AvgIpc) is 2.70. The van der Waals surface area contributed by atoms with E-state index in [0.29, 0.717) is 18.7 Å². The topological polar surface area (TPSA) is 78.9 Å². The Hall–Kier alpha value is -2.24. The number of rotatable bonds is 2. The lowest BCUT2D eigenvalue weighted by Gasteiger charge is -2.21. The molecule has 21 heavy (non-hydrogen) atoms. The van der Waals surface area contributed by atoms with Gasteiger partial charge in [-0.3, -0.25) is 4.79 Å². The van der Waals surface area contributed by atoms with Crippen LogP contribution in [0.1, 0.15) is 27.2 Å². The predicted octanol–water partition coefficient (Wildman–Crippen LogP) is 2.02. The van der Waals surface area contributed by atoms with Gasteiger partial charge >= 0.3 is 6.09 Å². The molecule has 0 bridgehead atoms. The fourth-order valence-corrected chi connectivity index (χ4v) is 2.15. The number of anilines is 1. The summed E-state index contributed by atoms with van der Waals surface area (Å²) >= 11 is 0. The van der Waals surface area contributed by atoms with Gasteiger partial charge in [-0.15, -0.1) is 0 Å². The monoisotopic (exact) mass is 292 g/mol. The van der Waals surface area contributed by atoms with Gasteiger partial charge in [0.25, 0.3) is 0 Å². The van der Waals surface area contributed by atoms with Crippen molar-refractivity contribution in [1.29, 1.82) is 0 Å². The van der Waals surface area contributed by atoms with E-state index in [0.717, 1.165) is 0 Å². The molecule has 0 radical (unpaired) electrons. The highest BCUT2D eigenvalue weighted by molar-refractivity contribution is 6.00. The van der Waals surface area contributed by atoms with Crippen molar-refractivity contribution < 1.29 is 19.4 Å². The number of carbonyl (C=O) groups excluding carboxylic acids is 2. The van der Waals surface area contributed by atoms with Gasteiger partial charge in [0.05, 0.1) is 0 Å². The largest absolute Gasteiger partial charge is 0.508 e. The van der Waals surface area contributed by atoms with Crippen LogP contribution >= 0.6 is 0 Å². The quantitative estimate of drug-likeness (QED) is 0.874. The van der Waals surface area contributed by atoms with Crippen molar-refractivity contribution in [2.75, 3.05) is 11.4 Å². The highest BCUT2D eigenvalue weighted by atomic mass is 16.6. The maximum Gasteiger partial charge on any atom is 0.408 e. The molecule has 1 fully saturated rings. The fraction of sp³-hybridized carbons (Fsp3) is 0.467.